The van der Waals surface area contributed by atoms with Crippen LogP contribution in [0.1, 0.15) is 42.2 Å². The van der Waals surface area contributed by atoms with Gasteiger partial charge in [-0.15, -0.1) is 0 Å². The van der Waals surface area contributed by atoms with Crippen LogP contribution in [0, 0.1) is 6.92 Å². The van der Waals surface area contributed by atoms with Crippen LogP contribution in [-0.4, -0.2) is 28.0 Å². The van der Waals surface area contributed by atoms with E-state index in [1.165, 1.54) is 0 Å². The van der Waals surface area contributed by atoms with Gasteiger partial charge in [0.05, 0.1) is 17.5 Å². The first kappa shape index (κ1) is 16.7. The van der Waals surface area contributed by atoms with E-state index in [4.69, 9.17) is 4.42 Å². The number of aromatic nitrogens is 1. The van der Waals surface area contributed by atoms with Crippen LogP contribution in [-0.2, 0) is 4.79 Å². The van der Waals surface area contributed by atoms with Gasteiger partial charge in [0.1, 0.15) is 11.7 Å². The summed E-state index contributed by atoms with van der Waals surface area (Å²) in [6.07, 6.45) is 3.58. The molecule has 2 rings (SSSR count). The van der Waals surface area contributed by atoms with Crippen molar-refractivity contribution in [2.24, 2.45) is 0 Å². The van der Waals surface area contributed by atoms with Crippen LogP contribution in [0.4, 0.5) is 0 Å². The molecular weight excluding hydrogens is 296 g/mol. The van der Waals surface area contributed by atoms with Crippen molar-refractivity contribution in [1.82, 2.24) is 10.3 Å². The summed E-state index contributed by atoms with van der Waals surface area (Å²) in [5, 5.41) is 11.8. The third-order valence-corrected chi connectivity index (χ3v) is 3.55. The maximum atomic E-state index is 12.3. The number of nitrogens with zero attached hydrogens (tertiary/aromatic N) is 1. The molecule has 0 aliphatic carbocycles. The predicted octanol–water partition coefficient (Wildman–Crippen LogP) is 3.02. The Morgan fingerprint density at radius 1 is 1.35 bits per heavy atom. The van der Waals surface area contributed by atoms with E-state index in [1.807, 2.05) is 6.92 Å². The highest BCUT2D eigenvalue weighted by Gasteiger charge is 2.21. The fourth-order valence-electron chi connectivity index (χ4n) is 2.26. The van der Waals surface area contributed by atoms with Gasteiger partial charge in [-0.1, -0.05) is 19.8 Å². The van der Waals surface area contributed by atoms with Crippen molar-refractivity contribution in [3.63, 3.8) is 0 Å². The molecule has 6 heteroatoms. The minimum absolute atomic E-state index is 0.364. The summed E-state index contributed by atoms with van der Waals surface area (Å²) < 4.78 is 5.27. The van der Waals surface area contributed by atoms with Gasteiger partial charge in [-0.05, 0) is 37.6 Å². The molecule has 122 valence electrons. The monoisotopic (exact) mass is 316 g/mol. The number of rotatable bonds is 7. The van der Waals surface area contributed by atoms with Gasteiger partial charge in [0, 0.05) is 0 Å². The van der Waals surface area contributed by atoms with Gasteiger partial charge in [-0.2, -0.15) is 0 Å². The number of pyridine rings is 1. The molecule has 0 aromatic carbocycles. The highest BCUT2D eigenvalue weighted by atomic mass is 16.4. The number of hydrogen-bond donors (Lipinski definition) is 2. The fourth-order valence-corrected chi connectivity index (χ4v) is 2.26. The molecule has 2 N–H and O–H groups in total. The van der Waals surface area contributed by atoms with Crippen LogP contribution in [0.2, 0.25) is 0 Å². The highest BCUT2D eigenvalue weighted by Crippen LogP contribution is 2.19. The van der Waals surface area contributed by atoms with Crippen LogP contribution in [0.5, 0.6) is 0 Å². The molecule has 0 radical (unpaired) electrons. The van der Waals surface area contributed by atoms with Crippen LogP contribution < -0.4 is 5.32 Å². The Balaban J connectivity index is 2.14. The molecular formula is C17H20N2O4. The number of carbonyl (C=O) groups is 2. The maximum absolute atomic E-state index is 12.3. The first-order chi connectivity index (χ1) is 11.0. The molecule has 0 fully saturated rings. The van der Waals surface area contributed by atoms with Crippen molar-refractivity contribution in [2.45, 2.75) is 39.2 Å². The molecule has 0 aliphatic rings. The molecule has 0 saturated heterocycles. The Morgan fingerprint density at radius 3 is 2.70 bits per heavy atom. The van der Waals surface area contributed by atoms with Gasteiger partial charge in [-0.25, -0.2) is 9.78 Å². The zero-order valence-electron chi connectivity index (χ0n) is 13.2. The minimum atomic E-state index is -1.02. The summed E-state index contributed by atoms with van der Waals surface area (Å²) in [5.74, 6) is -0.833. The summed E-state index contributed by atoms with van der Waals surface area (Å²) in [6.45, 7) is 3.69. The van der Waals surface area contributed by atoms with Gasteiger partial charge < -0.3 is 14.8 Å². The second-order valence-corrected chi connectivity index (χ2v) is 5.31. The standard InChI is InChI=1S/C17H20N2O4/c1-3-4-6-14(17(21)22)19-16(20)12-8-9-13(18-11(12)2)15-7-5-10-23-15/h5,7-10,14H,3-4,6H2,1-2H3,(H,19,20)(H,21,22)/t14-/m0/s1. The van der Waals surface area contributed by atoms with Crippen molar-refractivity contribution >= 4 is 11.9 Å². The number of carboxylic acid groups (broad SMARTS) is 1. The zero-order chi connectivity index (χ0) is 16.8. The number of furan rings is 1. The van der Waals surface area contributed by atoms with Crippen molar-refractivity contribution in [3.05, 3.63) is 41.8 Å². The van der Waals surface area contributed by atoms with E-state index in [1.54, 1.807) is 37.5 Å². The third-order valence-electron chi connectivity index (χ3n) is 3.55. The van der Waals surface area contributed by atoms with E-state index in [9.17, 15) is 14.7 Å². The van der Waals surface area contributed by atoms with Crippen LogP contribution in [0.25, 0.3) is 11.5 Å². The molecule has 2 heterocycles. The summed E-state index contributed by atoms with van der Waals surface area (Å²) in [4.78, 5) is 27.9. The smallest absolute Gasteiger partial charge is 0.326 e. The number of hydrogen-bond acceptors (Lipinski definition) is 4. The Labute approximate surface area is 134 Å². The van der Waals surface area contributed by atoms with E-state index in [-0.39, 0.29) is 0 Å². The molecule has 6 nitrogen and oxygen atoms in total. The zero-order valence-corrected chi connectivity index (χ0v) is 13.2. The normalized spacial score (nSPS) is 11.9. The van der Waals surface area contributed by atoms with Gasteiger partial charge in [0.15, 0.2) is 5.76 Å². The van der Waals surface area contributed by atoms with E-state index in [0.29, 0.717) is 29.1 Å². The average Bonchev–Trinajstić information content (AvgIpc) is 3.05. The lowest BCUT2D eigenvalue weighted by Gasteiger charge is -2.15. The lowest BCUT2D eigenvalue weighted by molar-refractivity contribution is -0.139. The van der Waals surface area contributed by atoms with Crippen molar-refractivity contribution in [1.29, 1.82) is 0 Å². The van der Waals surface area contributed by atoms with Gasteiger partial charge >= 0.3 is 5.97 Å². The SMILES string of the molecule is CCCC[C@H](NC(=O)c1ccc(-c2ccco2)nc1C)C(=O)O. The number of unbranched alkanes of at least 4 members (excludes halogenated alkanes) is 1. The van der Waals surface area contributed by atoms with E-state index in [2.05, 4.69) is 10.3 Å². The minimum Gasteiger partial charge on any atom is -0.480 e. The quantitative estimate of drug-likeness (QED) is 0.819. The lowest BCUT2D eigenvalue weighted by atomic mass is 10.1. The number of aryl methyl sites for hydroxylation is 1. The number of carboxylic acids is 1. The second kappa shape index (κ2) is 7.58. The molecule has 2 aromatic rings. The largest absolute Gasteiger partial charge is 0.480 e. The molecule has 0 saturated carbocycles. The molecule has 0 spiro atoms. The fraction of sp³-hybridized carbons (Fsp3) is 0.353. The number of amides is 1. The van der Waals surface area contributed by atoms with Crippen LogP contribution in [0.3, 0.4) is 0 Å². The summed E-state index contributed by atoms with van der Waals surface area (Å²) in [7, 11) is 0. The Bertz CT molecular complexity index is 680. The van der Waals surface area contributed by atoms with Crippen LogP contribution in [0.15, 0.2) is 34.9 Å². The van der Waals surface area contributed by atoms with Gasteiger partial charge in [-0.3, -0.25) is 4.79 Å². The number of carbonyl (C=O) groups excluding carboxylic acids is 1. The van der Waals surface area contributed by atoms with E-state index >= 15 is 0 Å². The molecule has 2 aromatic heterocycles. The second-order valence-electron chi connectivity index (χ2n) is 5.31. The van der Waals surface area contributed by atoms with Crippen molar-refractivity contribution in [2.75, 3.05) is 0 Å². The summed E-state index contributed by atoms with van der Waals surface area (Å²) in [5.41, 5.74) is 1.52. The molecule has 23 heavy (non-hydrogen) atoms. The predicted molar refractivity (Wildman–Crippen MR) is 85.1 cm³/mol. The molecule has 0 bridgehead atoms. The Hall–Kier alpha value is -2.63. The molecule has 1 amide bonds. The van der Waals surface area contributed by atoms with Crippen molar-refractivity contribution < 1.29 is 19.1 Å². The maximum Gasteiger partial charge on any atom is 0.326 e. The molecule has 0 unspecified atom stereocenters. The first-order valence-corrected chi connectivity index (χ1v) is 7.58. The Morgan fingerprint density at radius 2 is 2.13 bits per heavy atom. The van der Waals surface area contributed by atoms with Crippen molar-refractivity contribution in [3.8, 4) is 11.5 Å². The first-order valence-electron chi connectivity index (χ1n) is 7.58. The topological polar surface area (TPSA) is 92.4 Å². The highest BCUT2D eigenvalue weighted by molar-refractivity contribution is 5.97. The average molecular weight is 316 g/mol. The molecule has 0 aliphatic heterocycles. The third kappa shape index (κ3) is 4.18. The number of nitrogens with one attached hydrogen (secondary N) is 1. The van der Waals surface area contributed by atoms with Gasteiger partial charge in [0.25, 0.3) is 5.91 Å². The number of aliphatic carboxylic acids is 1. The lowest BCUT2D eigenvalue weighted by Crippen LogP contribution is -2.41. The van der Waals surface area contributed by atoms with Gasteiger partial charge in [0.2, 0.25) is 0 Å². The van der Waals surface area contributed by atoms with E-state index < -0.39 is 17.9 Å². The molecule has 1 atom stereocenters. The summed E-state index contributed by atoms with van der Waals surface area (Å²) in [6, 6.07) is 5.98. The Kier molecular flexibility index (Phi) is 5.51. The van der Waals surface area contributed by atoms with E-state index in [0.717, 1.165) is 12.8 Å². The van der Waals surface area contributed by atoms with Crippen LogP contribution >= 0.6 is 0 Å². The summed E-state index contributed by atoms with van der Waals surface area (Å²) >= 11 is 0.